The third kappa shape index (κ3) is 1.90. The molecule has 1 heterocycles. The third-order valence-corrected chi connectivity index (χ3v) is 1.41. The lowest BCUT2D eigenvalue weighted by Crippen LogP contribution is -2.21. The number of nitrogens with two attached hydrogens (primary N) is 1. The number of thioether (sulfide) groups is 1. The largest absolute Gasteiger partial charge is 0.313 e. The number of rotatable bonds is 1. The van der Waals surface area contributed by atoms with Crippen LogP contribution in [0.1, 0.15) is 0 Å². The fraction of sp³-hybridized carbons (Fsp3) is 0.667. The molecular weight excluding hydrogens is 146 g/mol. The summed E-state index contributed by atoms with van der Waals surface area (Å²) < 4.78 is 0. The predicted molar refractivity (Wildman–Crippen MR) is 39.1 cm³/mol. The van der Waals surface area contributed by atoms with Crippen molar-refractivity contribution >= 4 is 29.7 Å². The maximum atomic E-state index is 5.23. The zero-order valence-electron chi connectivity index (χ0n) is 4.28. The van der Waals surface area contributed by atoms with Gasteiger partial charge in [0, 0.05) is 0 Å². The Morgan fingerprint density at radius 1 is 1.88 bits per heavy atom. The lowest BCUT2D eigenvalue weighted by atomic mass is 11.0. The van der Waals surface area contributed by atoms with Crippen molar-refractivity contribution in [3.8, 4) is 0 Å². The molecule has 3 nitrogen and oxygen atoms in total. The molecule has 0 saturated carbocycles. The fourth-order valence-electron chi connectivity index (χ4n) is 0.353. The maximum Gasteiger partial charge on any atom is 0.0886 e. The Hall–Kier alpha value is 0.0700. The van der Waals surface area contributed by atoms with Crippen LogP contribution in [0.5, 0.6) is 0 Å². The van der Waals surface area contributed by atoms with E-state index in [1.165, 1.54) is 0 Å². The van der Waals surface area contributed by atoms with E-state index < -0.39 is 0 Å². The average Bonchev–Trinajstić information content (AvgIpc) is 2.14. The van der Waals surface area contributed by atoms with E-state index in [4.69, 9.17) is 5.73 Å². The summed E-state index contributed by atoms with van der Waals surface area (Å²) in [5, 5.41) is 5.70. The minimum Gasteiger partial charge on any atom is -0.313 e. The number of hydrogen-bond acceptors (Lipinski definition) is 4. The van der Waals surface area contributed by atoms with Crippen molar-refractivity contribution in [1.82, 2.24) is 5.01 Å². The second-order valence-corrected chi connectivity index (χ2v) is 2.01. The van der Waals surface area contributed by atoms with Crippen LogP contribution in [0.15, 0.2) is 5.10 Å². The summed E-state index contributed by atoms with van der Waals surface area (Å²) in [7, 11) is 0. The summed E-state index contributed by atoms with van der Waals surface area (Å²) in [5.41, 5.74) is 7.03. The number of hydrogen-bond donors (Lipinski definition) is 1. The first kappa shape index (κ1) is 8.07. The van der Waals surface area contributed by atoms with Crippen molar-refractivity contribution in [2.45, 2.75) is 0 Å². The normalized spacial score (nSPS) is 16.4. The Morgan fingerprint density at radius 3 is 2.88 bits per heavy atom. The number of hydrazone groups is 1. The molecule has 0 fully saturated rings. The maximum absolute atomic E-state index is 5.23. The van der Waals surface area contributed by atoms with Gasteiger partial charge in [-0.25, -0.2) is 0 Å². The van der Waals surface area contributed by atoms with Crippen LogP contribution in [0, 0.1) is 0 Å². The van der Waals surface area contributed by atoms with Gasteiger partial charge < -0.3 is 5.73 Å². The highest BCUT2D eigenvalue weighted by molar-refractivity contribution is 8.12. The van der Waals surface area contributed by atoms with Gasteiger partial charge in [-0.1, -0.05) is 11.8 Å². The second kappa shape index (κ2) is 4.00. The Bertz CT molecular complexity index is 86.6. The average molecular weight is 154 g/mol. The smallest absolute Gasteiger partial charge is 0.0886 e. The molecule has 5 heteroatoms. The molecule has 0 aromatic rings. The SMILES string of the molecule is Cl.NCN1CSC=N1. The minimum absolute atomic E-state index is 0. The molecule has 1 aliphatic rings. The molecule has 48 valence electrons. The van der Waals surface area contributed by atoms with E-state index in [1.54, 1.807) is 22.3 Å². The van der Waals surface area contributed by atoms with Gasteiger partial charge in [0.15, 0.2) is 0 Å². The van der Waals surface area contributed by atoms with Crippen molar-refractivity contribution in [2.24, 2.45) is 10.8 Å². The molecule has 1 aliphatic heterocycles. The first-order valence-corrected chi connectivity index (χ1v) is 3.07. The Morgan fingerprint density at radius 2 is 2.62 bits per heavy atom. The highest BCUT2D eigenvalue weighted by atomic mass is 35.5. The van der Waals surface area contributed by atoms with Gasteiger partial charge in [-0.2, -0.15) is 5.10 Å². The van der Waals surface area contributed by atoms with E-state index in [0.29, 0.717) is 6.67 Å². The van der Waals surface area contributed by atoms with Crippen molar-refractivity contribution < 1.29 is 0 Å². The zero-order valence-corrected chi connectivity index (χ0v) is 5.91. The zero-order chi connectivity index (χ0) is 5.11. The summed E-state index contributed by atoms with van der Waals surface area (Å²) in [6.45, 7) is 0.531. The second-order valence-electron chi connectivity index (χ2n) is 1.21. The fourth-order valence-corrected chi connectivity index (χ4v) is 0.963. The van der Waals surface area contributed by atoms with Gasteiger partial charge in [0.25, 0.3) is 0 Å². The quantitative estimate of drug-likeness (QED) is 0.588. The molecule has 0 radical (unpaired) electrons. The lowest BCUT2D eigenvalue weighted by Gasteiger charge is -2.06. The molecule has 0 amide bonds. The van der Waals surface area contributed by atoms with Gasteiger partial charge in [-0.3, -0.25) is 5.01 Å². The first-order chi connectivity index (χ1) is 3.43. The molecule has 0 aliphatic carbocycles. The van der Waals surface area contributed by atoms with E-state index in [-0.39, 0.29) is 12.4 Å². The Labute approximate surface area is 58.7 Å². The molecule has 0 aromatic carbocycles. The molecule has 0 bridgehead atoms. The van der Waals surface area contributed by atoms with Crippen LogP contribution in [0.2, 0.25) is 0 Å². The highest BCUT2D eigenvalue weighted by Gasteiger charge is 2.00. The van der Waals surface area contributed by atoms with Gasteiger partial charge in [0.1, 0.15) is 0 Å². The van der Waals surface area contributed by atoms with Crippen LogP contribution in [-0.2, 0) is 0 Å². The summed E-state index contributed by atoms with van der Waals surface area (Å²) in [6, 6.07) is 0. The van der Waals surface area contributed by atoms with E-state index >= 15 is 0 Å². The van der Waals surface area contributed by atoms with Crippen molar-refractivity contribution in [3.63, 3.8) is 0 Å². The highest BCUT2D eigenvalue weighted by Crippen LogP contribution is 2.06. The Balaban J connectivity index is 0.000000490. The number of nitrogens with zero attached hydrogens (tertiary/aromatic N) is 2. The molecular formula is C3H8ClN3S. The van der Waals surface area contributed by atoms with Gasteiger partial charge in [-0.15, -0.1) is 12.4 Å². The molecule has 8 heavy (non-hydrogen) atoms. The van der Waals surface area contributed by atoms with Crippen LogP contribution in [0.25, 0.3) is 0 Å². The minimum atomic E-state index is 0. The Kier molecular flexibility index (Phi) is 4.03. The van der Waals surface area contributed by atoms with Crippen molar-refractivity contribution in [3.05, 3.63) is 0 Å². The van der Waals surface area contributed by atoms with Crippen LogP contribution < -0.4 is 5.73 Å². The topological polar surface area (TPSA) is 41.6 Å². The van der Waals surface area contributed by atoms with E-state index in [2.05, 4.69) is 5.10 Å². The third-order valence-electron chi connectivity index (χ3n) is 0.719. The van der Waals surface area contributed by atoms with Crippen LogP contribution in [-0.4, -0.2) is 23.1 Å². The summed E-state index contributed by atoms with van der Waals surface area (Å²) in [5.74, 6) is 0.913. The molecule has 0 atom stereocenters. The van der Waals surface area contributed by atoms with Gasteiger partial charge in [-0.05, 0) is 0 Å². The number of halogens is 1. The van der Waals surface area contributed by atoms with Gasteiger partial charge >= 0.3 is 0 Å². The first-order valence-electron chi connectivity index (χ1n) is 2.02. The standard InChI is InChI=1S/C3H7N3S.ClH/c4-1-6-3-7-2-5-6;/h2H,1,3-4H2;1H. The van der Waals surface area contributed by atoms with E-state index in [9.17, 15) is 0 Å². The monoisotopic (exact) mass is 153 g/mol. The van der Waals surface area contributed by atoms with Crippen LogP contribution >= 0.6 is 24.2 Å². The predicted octanol–water partition coefficient (Wildman–Crippen LogP) is 0.274. The molecule has 1 rings (SSSR count). The van der Waals surface area contributed by atoms with Gasteiger partial charge in [0.2, 0.25) is 0 Å². The van der Waals surface area contributed by atoms with Crippen LogP contribution in [0.3, 0.4) is 0 Å². The van der Waals surface area contributed by atoms with E-state index in [0.717, 1.165) is 5.88 Å². The molecule has 2 N–H and O–H groups in total. The summed E-state index contributed by atoms with van der Waals surface area (Å²) in [4.78, 5) is 0. The van der Waals surface area contributed by atoms with Gasteiger partial charge in [0.05, 0.1) is 18.1 Å². The summed E-state index contributed by atoms with van der Waals surface area (Å²) >= 11 is 1.66. The molecule has 0 aromatic heterocycles. The lowest BCUT2D eigenvalue weighted by molar-refractivity contribution is 0.360. The van der Waals surface area contributed by atoms with Crippen molar-refractivity contribution in [1.29, 1.82) is 0 Å². The van der Waals surface area contributed by atoms with E-state index in [1.807, 2.05) is 0 Å². The molecule has 0 spiro atoms. The molecule has 0 saturated heterocycles. The molecule has 0 unspecified atom stereocenters. The van der Waals surface area contributed by atoms with Crippen LogP contribution in [0.4, 0.5) is 0 Å². The van der Waals surface area contributed by atoms with Crippen molar-refractivity contribution in [2.75, 3.05) is 12.5 Å². The summed E-state index contributed by atoms with van der Waals surface area (Å²) in [6.07, 6.45) is 0.